The minimum Gasteiger partial charge on any atom is -0.456 e. The van der Waals surface area contributed by atoms with Crippen molar-refractivity contribution in [2.24, 2.45) is 7.05 Å². The van der Waals surface area contributed by atoms with Gasteiger partial charge >= 0.3 is 0 Å². The molecule has 1 aromatic heterocycles. The number of ether oxygens (including phenoxy) is 1. The molecule has 0 bridgehead atoms. The highest BCUT2D eigenvalue weighted by Crippen LogP contribution is 2.33. The fourth-order valence-electron chi connectivity index (χ4n) is 1.93. The van der Waals surface area contributed by atoms with Crippen LogP contribution in [0.2, 0.25) is 5.02 Å². The third-order valence-electron chi connectivity index (χ3n) is 2.87. The molecule has 0 saturated carbocycles. The predicted octanol–water partition coefficient (Wildman–Crippen LogP) is 3.74. The van der Waals surface area contributed by atoms with Crippen LogP contribution in [-0.2, 0) is 7.05 Å². The monoisotopic (exact) mass is 291 g/mol. The van der Waals surface area contributed by atoms with Gasteiger partial charge in [-0.1, -0.05) is 11.6 Å². The largest absolute Gasteiger partial charge is 0.456 e. The zero-order valence-electron chi connectivity index (χ0n) is 10.6. The molecule has 3 rings (SSSR count). The summed E-state index contributed by atoms with van der Waals surface area (Å²) in [5.41, 5.74) is 6.21. The summed E-state index contributed by atoms with van der Waals surface area (Å²) in [7, 11) is 1.84. The SMILES string of the molecule is Cn1cc2ccc(Oc3cc(F)c(N)cc3Cl)cc2n1. The second-order valence-corrected chi connectivity index (χ2v) is 4.84. The molecule has 0 atom stereocenters. The number of hydrogen-bond donors (Lipinski definition) is 1. The molecule has 0 amide bonds. The van der Waals surface area contributed by atoms with Crippen LogP contribution in [-0.4, -0.2) is 9.78 Å². The highest BCUT2D eigenvalue weighted by atomic mass is 35.5. The fraction of sp³-hybridized carbons (Fsp3) is 0.0714. The normalized spacial score (nSPS) is 10.9. The van der Waals surface area contributed by atoms with Crippen molar-refractivity contribution >= 4 is 28.2 Å². The third kappa shape index (κ3) is 2.28. The Bertz CT molecular complexity index is 800. The van der Waals surface area contributed by atoms with Gasteiger partial charge in [0.2, 0.25) is 0 Å². The number of aromatic nitrogens is 2. The van der Waals surface area contributed by atoms with Gasteiger partial charge in [-0.25, -0.2) is 4.39 Å². The van der Waals surface area contributed by atoms with Crippen LogP contribution in [0.1, 0.15) is 0 Å². The van der Waals surface area contributed by atoms with E-state index in [1.54, 1.807) is 16.8 Å². The zero-order chi connectivity index (χ0) is 14.3. The first-order valence-electron chi connectivity index (χ1n) is 5.89. The summed E-state index contributed by atoms with van der Waals surface area (Å²) in [6, 6.07) is 7.90. The first kappa shape index (κ1) is 12.7. The Balaban J connectivity index is 1.98. The number of rotatable bonds is 2. The standard InChI is InChI=1S/C14H11ClFN3O/c1-19-7-8-2-3-9(4-13(8)18-19)20-14-6-11(16)12(17)5-10(14)15/h2-7H,17H2,1H3. The van der Waals surface area contributed by atoms with Crippen molar-refractivity contribution in [3.8, 4) is 11.5 Å². The van der Waals surface area contributed by atoms with E-state index in [4.69, 9.17) is 22.1 Å². The molecule has 3 aromatic rings. The Morgan fingerprint density at radius 1 is 1.30 bits per heavy atom. The van der Waals surface area contributed by atoms with Crippen molar-refractivity contribution in [2.75, 3.05) is 5.73 Å². The van der Waals surface area contributed by atoms with E-state index in [-0.39, 0.29) is 16.5 Å². The van der Waals surface area contributed by atoms with E-state index in [0.29, 0.717) is 5.75 Å². The molecule has 0 aliphatic carbocycles. The van der Waals surface area contributed by atoms with Crippen molar-refractivity contribution in [3.63, 3.8) is 0 Å². The molecule has 0 spiro atoms. The number of fused-ring (bicyclic) bond motifs is 1. The lowest BCUT2D eigenvalue weighted by Crippen LogP contribution is -1.93. The Labute approximate surface area is 119 Å². The minimum absolute atomic E-state index is 0.0115. The van der Waals surface area contributed by atoms with Gasteiger partial charge in [0.15, 0.2) is 0 Å². The van der Waals surface area contributed by atoms with E-state index in [9.17, 15) is 4.39 Å². The smallest absolute Gasteiger partial charge is 0.149 e. The molecule has 0 unspecified atom stereocenters. The number of halogens is 2. The lowest BCUT2D eigenvalue weighted by molar-refractivity contribution is 0.478. The van der Waals surface area contributed by atoms with Crippen LogP contribution in [0.5, 0.6) is 11.5 Å². The van der Waals surface area contributed by atoms with E-state index in [1.165, 1.54) is 12.1 Å². The molecule has 102 valence electrons. The highest BCUT2D eigenvalue weighted by molar-refractivity contribution is 6.32. The molecule has 0 aliphatic rings. The number of benzene rings is 2. The van der Waals surface area contributed by atoms with E-state index in [2.05, 4.69) is 5.10 Å². The molecule has 6 heteroatoms. The zero-order valence-corrected chi connectivity index (χ0v) is 11.4. The van der Waals surface area contributed by atoms with E-state index in [1.807, 2.05) is 19.3 Å². The van der Waals surface area contributed by atoms with Gasteiger partial charge in [-0.05, 0) is 18.2 Å². The summed E-state index contributed by atoms with van der Waals surface area (Å²) in [5, 5.41) is 5.53. The lowest BCUT2D eigenvalue weighted by Gasteiger charge is -2.08. The van der Waals surface area contributed by atoms with Gasteiger partial charge in [0.1, 0.15) is 17.3 Å². The number of nitrogens with zero attached hydrogens (tertiary/aromatic N) is 2. The van der Waals surface area contributed by atoms with Crippen molar-refractivity contribution < 1.29 is 9.13 Å². The fourth-order valence-corrected chi connectivity index (χ4v) is 2.14. The Morgan fingerprint density at radius 2 is 2.10 bits per heavy atom. The second-order valence-electron chi connectivity index (χ2n) is 4.43. The average Bonchev–Trinajstić information content (AvgIpc) is 2.75. The molecule has 2 N–H and O–H groups in total. The van der Waals surface area contributed by atoms with Gasteiger partial charge in [-0.15, -0.1) is 0 Å². The van der Waals surface area contributed by atoms with Gasteiger partial charge in [0.25, 0.3) is 0 Å². The first-order valence-corrected chi connectivity index (χ1v) is 6.26. The van der Waals surface area contributed by atoms with Crippen LogP contribution < -0.4 is 10.5 Å². The third-order valence-corrected chi connectivity index (χ3v) is 3.17. The number of nitrogens with two attached hydrogens (primary N) is 1. The quantitative estimate of drug-likeness (QED) is 0.732. The summed E-state index contributed by atoms with van der Waals surface area (Å²) in [5.74, 6) is 0.180. The molecule has 20 heavy (non-hydrogen) atoms. The number of hydrogen-bond acceptors (Lipinski definition) is 3. The summed E-state index contributed by atoms with van der Waals surface area (Å²) in [4.78, 5) is 0. The maximum atomic E-state index is 13.4. The molecule has 1 heterocycles. The molecule has 0 saturated heterocycles. The predicted molar refractivity (Wildman–Crippen MR) is 76.6 cm³/mol. The first-order chi connectivity index (χ1) is 9.52. The molecule has 2 aromatic carbocycles. The van der Waals surface area contributed by atoms with Gasteiger partial charge in [-0.2, -0.15) is 5.10 Å². The summed E-state index contributed by atoms with van der Waals surface area (Å²) < 4.78 is 20.7. The summed E-state index contributed by atoms with van der Waals surface area (Å²) >= 11 is 5.98. The van der Waals surface area contributed by atoms with Gasteiger partial charge in [0.05, 0.1) is 16.2 Å². The number of nitrogen functional groups attached to an aromatic ring is 1. The highest BCUT2D eigenvalue weighted by Gasteiger charge is 2.09. The van der Waals surface area contributed by atoms with Crippen LogP contribution in [0.25, 0.3) is 10.9 Å². The van der Waals surface area contributed by atoms with Crippen molar-refractivity contribution in [3.05, 3.63) is 47.4 Å². The Morgan fingerprint density at radius 3 is 2.90 bits per heavy atom. The molecule has 0 radical (unpaired) electrons. The van der Waals surface area contributed by atoms with Crippen LogP contribution in [0.15, 0.2) is 36.5 Å². The Kier molecular flexibility index (Phi) is 2.99. The van der Waals surface area contributed by atoms with E-state index < -0.39 is 5.82 Å². The van der Waals surface area contributed by atoms with Crippen molar-refractivity contribution in [1.29, 1.82) is 0 Å². The van der Waals surface area contributed by atoms with Crippen LogP contribution in [0.3, 0.4) is 0 Å². The van der Waals surface area contributed by atoms with Gasteiger partial charge in [0, 0.05) is 30.8 Å². The minimum atomic E-state index is -0.566. The van der Waals surface area contributed by atoms with Gasteiger partial charge < -0.3 is 10.5 Å². The van der Waals surface area contributed by atoms with Gasteiger partial charge in [-0.3, -0.25) is 4.68 Å². The molecule has 0 fully saturated rings. The van der Waals surface area contributed by atoms with E-state index >= 15 is 0 Å². The van der Waals surface area contributed by atoms with Crippen LogP contribution in [0.4, 0.5) is 10.1 Å². The molecular formula is C14H11ClFN3O. The van der Waals surface area contributed by atoms with Crippen LogP contribution in [0, 0.1) is 5.82 Å². The number of anilines is 1. The molecule has 4 nitrogen and oxygen atoms in total. The molecular weight excluding hydrogens is 281 g/mol. The summed E-state index contributed by atoms with van der Waals surface area (Å²) in [6.45, 7) is 0. The summed E-state index contributed by atoms with van der Waals surface area (Å²) in [6.07, 6.45) is 1.90. The van der Waals surface area contributed by atoms with Crippen molar-refractivity contribution in [1.82, 2.24) is 9.78 Å². The Hall–Kier alpha value is -2.27. The average molecular weight is 292 g/mol. The maximum absolute atomic E-state index is 13.4. The van der Waals surface area contributed by atoms with E-state index in [0.717, 1.165) is 10.9 Å². The lowest BCUT2D eigenvalue weighted by atomic mass is 10.2. The second kappa shape index (κ2) is 4.68. The number of aryl methyl sites for hydroxylation is 1. The molecule has 0 aliphatic heterocycles. The van der Waals surface area contributed by atoms with Crippen molar-refractivity contribution in [2.45, 2.75) is 0 Å². The maximum Gasteiger partial charge on any atom is 0.149 e. The van der Waals surface area contributed by atoms with Crippen LogP contribution >= 0.6 is 11.6 Å². The topological polar surface area (TPSA) is 53.1 Å².